The molecule has 0 bridgehead atoms. The molecule has 0 aliphatic heterocycles. The molecule has 0 fully saturated rings. The van der Waals surface area contributed by atoms with E-state index in [1.807, 2.05) is 31.8 Å². The van der Waals surface area contributed by atoms with Crippen LogP contribution < -0.4 is 11.1 Å². The van der Waals surface area contributed by atoms with Crippen LogP contribution in [0.25, 0.3) is 0 Å². The first-order valence-corrected chi connectivity index (χ1v) is 5.58. The molecule has 0 radical (unpaired) electrons. The van der Waals surface area contributed by atoms with Crippen LogP contribution in [0.4, 0.5) is 11.5 Å². The lowest BCUT2D eigenvalue weighted by Crippen LogP contribution is -2.12. The van der Waals surface area contributed by atoms with Crippen molar-refractivity contribution in [3.63, 3.8) is 0 Å². The third kappa shape index (κ3) is 2.25. The lowest BCUT2D eigenvalue weighted by Gasteiger charge is -2.07. The Labute approximate surface area is 100 Å². The van der Waals surface area contributed by atoms with E-state index in [2.05, 4.69) is 15.4 Å². The van der Waals surface area contributed by atoms with Crippen molar-refractivity contribution in [2.24, 2.45) is 14.1 Å². The Morgan fingerprint density at radius 2 is 2.18 bits per heavy atom. The smallest absolute Gasteiger partial charge is 0.147 e. The molecule has 3 N–H and O–H groups in total. The van der Waals surface area contributed by atoms with Crippen LogP contribution in [0.3, 0.4) is 0 Å². The number of aryl methyl sites for hydroxylation is 3. The van der Waals surface area contributed by atoms with Crippen molar-refractivity contribution < 1.29 is 0 Å². The molecule has 0 unspecified atom stereocenters. The second-order valence-electron chi connectivity index (χ2n) is 4.10. The summed E-state index contributed by atoms with van der Waals surface area (Å²) >= 11 is 0. The Morgan fingerprint density at radius 1 is 1.41 bits per heavy atom. The molecule has 2 heterocycles. The second kappa shape index (κ2) is 4.48. The van der Waals surface area contributed by atoms with Crippen LogP contribution >= 0.6 is 0 Å². The summed E-state index contributed by atoms with van der Waals surface area (Å²) in [4.78, 5) is 4.27. The minimum absolute atomic E-state index is 0.715. The second-order valence-corrected chi connectivity index (χ2v) is 4.10. The van der Waals surface area contributed by atoms with Crippen molar-refractivity contribution in [3.8, 4) is 0 Å². The van der Waals surface area contributed by atoms with Gasteiger partial charge in [-0.1, -0.05) is 0 Å². The number of hydrogen-bond donors (Lipinski definition) is 2. The molecule has 0 atom stereocenters. The molecular formula is C11H18N6. The predicted molar refractivity (Wildman–Crippen MR) is 67.8 cm³/mol. The SMILES string of the molecule is Cc1nn(C)c(NCCc2nccn2C)c1N. The minimum Gasteiger partial charge on any atom is -0.394 e. The zero-order valence-corrected chi connectivity index (χ0v) is 10.4. The van der Waals surface area contributed by atoms with Gasteiger partial charge in [0.2, 0.25) is 0 Å². The highest BCUT2D eigenvalue weighted by molar-refractivity contribution is 5.64. The Hall–Kier alpha value is -1.98. The maximum absolute atomic E-state index is 5.93. The van der Waals surface area contributed by atoms with Crippen LogP contribution in [0, 0.1) is 6.92 Å². The summed E-state index contributed by atoms with van der Waals surface area (Å²) < 4.78 is 3.78. The van der Waals surface area contributed by atoms with Crippen LogP contribution in [0.1, 0.15) is 11.5 Å². The average Bonchev–Trinajstić information content (AvgIpc) is 2.78. The fraction of sp³-hybridized carbons (Fsp3) is 0.455. The number of nitrogens with two attached hydrogens (primary N) is 1. The first kappa shape index (κ1) is 11.5. The van der Waals surface area contributed by atoms with Gasteiger partial charge in [-0.3, -0.25) is 4.68 Å². The lowest BCUT2D eigenvalue weighted by atomic mass is 10.3. The van der Waals surface area contributed by atoms with Gasteiger partial charge in [0.05, 0.1) is 11.4 Å². The zero-order chi connectivity index (χ0) is 12.4. The first-order valence-electron chi connectivity index (χ1n) is 5.58. The fourth-order valence-corrected chi connectivity index (χ4v) is 1.81. The van der Waals surface area contributed by atoms with Crippen LogP contribution in [0.15, 0.2) is 12.4 Å². The number of aromatic nitrogens is 4. The molecule has 0 amide bonds. The highest BCUT2D eigenvalue weighted by Gasteiger charge is 2.09. The Bertz CT molecular complexity index is 510. The van der Waals surface area contributed by atoms with Gasteiger partial charge in [0, 0.05) is 39.5 Å². The summed E-state index contributed by atoms with van der Waals surface area (Å²) in [7, 11) is 3.87. The lowest BCUT2D eigenvalue weighted by molar-refractivity contribution is 0.748. The van der Waals surface area contributed by atoms with Crippen molar-refractivity contribution in [1.82, 2.24) is 19.3 Å². The summed E-state index contributed by atoms with van der Waals surface area (Å²) in [6.45, 7) is 2.69. The van der Waals surface area contributed by atoms with Gasteiger partial charge in [-0.2, -0.15) is 5.10 Å². The molecule has 0 aromatic carbocycles. The van der Waals surface area contributed by atoms with E-state index >= 15 is 0 Å². The molecule has 0 aliphatic carbocycles. The third-order valence-corrected chi connectivity index (χ3v) is 2.83. The standard InChI is InChI=1S/C11H18N6/c1-8-10(12)11(17(3)15-8)14-5-4-9-13-6-7-16(9)2/h6-7,14H,4-5,12H2,1-3H3. The topological polar surface area (TPSA) is 73.7 Å². The number of nitrogens with one attached hydrogen (secondary N) is 1. The number of hydrogen-bond acceptors (Lipinski definition) is 4. The molecule has 2 aromatic rings. The highest BCUT2D eigenvalue weighted by Crippen LogP contribution is 2.20. The van der Waals surface area contributed by atoms with Gasteiger partial charge in [-0.25, -0.2) is 4.98 Å². The Balaban J connectivity index is 1.97. The number of nitrogen functional groups attached to an aromatic ring is 1. The molecule has 92 valence electrons. The van der Waals surface area contributed by atoms with Gasteiger partial charge >= 0.3 is 0 Å². The molecular weight excluding hydrogens is 216 g/mol. The van der Waals surface area contributed by atoms with E-state index < -0.39 is 0 Å². The summed E-state index contributed by atoms with van der Waals surface area (Å²) in [6.07, 6.45) is 4.60. The highest BCUT2D eigenvalue weighted by atomic mass is 15.3. The summed E-state index contributed by atoms with van der Waals surface area (Å²) in [5.74, 6) is 1.92. The predicted octanol–water partition coefficient (Wildman–Crippen LogP) is 0.699. The molecule has 2 rings (SSSR count). The van der Waals surface area contributed by atoms with E-state index in [1.54, 1.807) is 10.9 Å². The minimum atomic E-state index is 0.715. The van der Waals surface area contributed by atoms with Gasteiger partial charge in [-0.15, -0.1) is 0 Å². The molecule has 0 spiro atoms. The molecule has 6 heteroatoms. The number of anilines is 2. The maximum Gasteiger partial charge on any atom is 0.147 e. The van der Waals surface area contributed by atoms with Gasteiger partial charge in [0.15, 0.2) is 0 Å². The zero-order valence-electron chi connectivity index (χ0n) is 10.4. The summed E-state index contributed by atoms with van der Waals surface area (Å²) in [5.41, 5.74) is 7.49. The first-order chi connectivity index (χ1) is 8.09. The molecule has 0 aliphatic rings. The van der Waals surface area contributed by atoms with Crippen LogP contribution in [0.2, 0.25) is 0 Å². The van der Waals surface area contributed by atoms with Crippen molar-refractivity contribution in [1.29, 1.82) is 0 Å². The quantitative estimate of drug-likeness (QED) is 0.816. The van der Waals surface area contributed by atoms with E-state index in [0.717, 1.165) is 30.3 Å². The fourth-order valence-electron chi connectivity index (χ4n) is 1.81. The monoisotopic (exact) mass is 234 g/mol. The van der Waals surface area contributed by atoms with Gasteiger partial charge in [-0.05, 0) is 6.92 Å². The molecule has 17 heavy (non-hydrogen) atoms. The van der Waals surface area contributed by atoms with E-state index in [1.165, 1.54) is 0 Å². The van der Waals surface area contributed by atoms with Gasteiger partial charge in [0.25, 0.3) is 0 Å². The molecule has 0 saturated heterocycles. The summed E-state index contributed by atoms with van der Waals surface area (Å²) in [5, 5.41) is 7.54. The Kier molecular flexibility index (Phi) is 3.03. The summed E-state index contributed by atoms with van der Waals surface area (Å²) in [6, 6.07) is 0. The maximum atomic E-state index is 5.93. The van der Waals surface area contributed by atoms with Crippen molar-refractivity contribution in [2.75, 3.05) is 17.6 Å². The normalized spacial score (nSPS) is 10.8. The van der Waals surface area contributed by atoms with E-state index in [0.29, 0.717) is 5.69 Å². The van der Waals surface area contributed by atoms with Crippen LogP contribution in [0.5, 0.6) is 0 Å². The van der Waals surface area contributed by atoms with E-state index in [-0.39, 0.29) is 0 Å². The van der Waals surface area contributed by atoms with Crippen LogP contribution in [-0.4, -0.2) is 25.9 Å². The van der Waals surface area contributed by atoms with Crippen molar-refractivity contribution in [3.05, 3.63) is 23.9 Å². The van der Waals surface area contributed by atoms with Crippen molar-refractivity contribution in [2.45, 2.75) is 13.3 Å². The molecule has 2 aromatic heterocycles. The number of imidazole rings is 1. The van der Waals surface area contributed by atoms with Crippen LogP contribution in [-0.2, 0) is 20.5 Å². The number of rotatable bonds is 4. The molecule has 0 saturated carbocycles. The van der Waals surface area contributed by atoms with Crippen molar-refractivity contribution >= 4 is 11.5 Å². The molecule has 6 nitrogen and oxygen atoms in total. The third-order valence-electron chi connectivity index (χ3n) is 2.83. The number of nitrogens with zero attached hydrogens (tertiary/aromatic N) is 4. The Morgan fingerprint density at radius 3 is 2.71 bits per heavy atom. The van der Waals surface area contributed by atoms with Gasteiger partial charge < -0.3 is 15.6 Å². The van der Waals surface area contributed by atoms with E-state index in [9.17, 15) is 0 Å². The average molecular weight is 234 g/mol. The largest absolute Gasteiger partial charge is 0.394 e. The van der Waals surface area contributed by atoms with E-state index in [4.69, 9.17) is 5.73 Å². The van der Waals surface area contributed by atoms with Gasteiger partial charge in [0.1, 0.15) is 11.6 Å².